The molecule has 0 aliphatic heterocycles. The van der Waals surface area contributed by atoms with Gasteiger partial charge in [-0.15, -0.1) is 0 Å². The molecule has 0 fully saturated rings. The number of H-pyrrole nitrogens is 1. The van der Waals surface area contributed by atoms with Crippen LogP contribution in [0, 0.1) is 0 Å². The van der Waals surface area contributed by atoms with E-state index in [1.807, 2.05) is 0 Å². The van der Waals surface area contributed by atoms with E-state index in [-0.39, 0.29) is 11.9 Å². The van der Waals surface area contributed by atoms with Gasteiger partial charge in [-0.1, -0.05) is 0 Å². The molecule has 3 N–H and O–H groups in total. The summed E-state index contributed by atoms with van der Waals surface area (Å²) in [6.07, 6.45) is -0.619. The zero-order chi connectivity index (χ0) is 15.2. The summed E-state index contributed by atoms with van der Waals surface area (Å²) in [5.41, 5.74) is 1.77. The Hall–Kier alpha value is -2.61. The summed E-state index contributed by atoms with van der Waals surface area (Å²) in [5.74, 6) is 0.0554. The van der Waals surface area contributed by atoms with Crippen LogP contribution in [0.4, 0.5) is 10.7 Å². The van der Waals surface area contributed by atoms with Crippen molar-refractivity contribution in [1.29, 1.82) is 0 Å². The Morgan fingerprint density at radius 3 is 2.86 bits per heavy atom. The number of carbonyl (C=O) groups excluding carboxylic acids is 2. The SMILES string of the molecule is COCCNC(=O)c1ccc2nc(NC(=O)OC)[nH]c2c1. The molecular weight excluding hydrogens is 276 g/mol. The van der Waals surface area contributed by atoms with E-state index in [2.05, 4.69) is 25.3 Å². The van der Waals surface area contributed by atoms with Gasteiger partial charge in [-0.3, -0.25) is 10.1 Å². The molecule has 0 radical (unpaired) electrons. The molecule has 0 atom stereocenters. The predicted molar refractivity (Wildman–Crippen MR) is 76.3 cm³/mol. The predicted octanol–water partition coefficient (Wildman–Crippen LogP) is 1.12. The molecule has 0 unspecified atom stereocenters. The van der Waals surface area contributed by atoms with Crippen LogP contribution in [0.1, 0.15) is 10.4 Å². The van der Waals surface area contributed by atoms with Gasteiger partial charge in [-0.05, 0) is 18.2 Å². The van der Waals surface area contributed by atoms with Gasteiger partial charge in [0.25, 0.3) is 5.91 Å². The molecule has 2 rings (SSSR count). The standard InChI is InChI=1S/C13H16N4O4/c1-20-6-5-14-11(18)8-3-4-9-10(7-8)16-12(15-9)17-13(19)21-2/h3-4,7H,5-6H2,1-2H3,(H,14,18)(H2,15,16,17,19). The maximum atomic E-state index is 11.9. The highest BCUT2D eigenvalue weighted by Gasteiger charge is 2.10. The lowest BCUT2D eigenvalue weighted by Crippen LogP contribution is -2.26. The summed E-state index contributed by atoms with van der Waals surface area (Å²) in [4.78, 5) is 30.1. The number of hydrogen-bond donors (Lipinski definition) is 3. The van der Waals surface area contributed by atoms with Crippen LogP contribution in [-0.2, 0) is 9.47 Å². The van der Waals surface area contributed by atoms with E-state index in [1.54, 1.807) is 25.3 Å². The number of aromatic nitrogens is 2. The van der Waals surface area contributed by atoms with Crippen molar-refractivity contribution < 1.29 is 19.1 Å². The number of benzene rings is 1. The molecule has 2 aromatic rings. The number of amides is 2. The number of hydrogen-bond acceptors (Lipinski definition) is 5. The first-order valence-corrected chi connectivity index (χ1v) is 6.26. The molecule has 0 spiro atoms. The van der Waals surface area contributed by atoms with Gasteiger partial charge in [-0.25, -0.2) is 9.78 Å². The summed E-state index contributed by atoms with van der Waals surface area (Å²) in [5, 5.41) is 5.15. The third-order valence-corrected chi connectivity index (χ3v) is 2.74. The van der Waals surface area contributed by atoms with Gasteiger partial charge in [0.1, 0.15) is 0 Å². The molecule has 8 nitrogen and oxygen atoms in total. The molecule has 0 saturated carbocycles. The fourth-order valence-electron chi connectivity index (χ4n) is 1.73. The van der Waals surface area contributed by atoms with Crippen LogP contribution in [0.25, 0.3) is 11.0 Å². The van der Waals surface area contributed by atoms with Crippen molar-refractivity contribution in [2.75, 3.05) is 32.7 Å². The van der Waals surface area contributed by atoms with Crippen LogP contribution in [0.3, 0.4) is 0 Å². The zero-order valence-electron chi connectivity index (χ0n) is 11.7. The van der Waals surface area contributed by atoms with Gasteiger partial charge in [0, 0.05) is 19.2 Å². The molecule has 1 aromatic carbocycles. The zero-order valence-corrected chi connectivity index (χ0v) is 11.7. The smallest absolute Gasteiger partial charge is 0.413 e. The summed E-state index contributed by atoms with van der Waals surface area (Å²) in [7, 11) is 2.83. The van der Waals surface area contributed by atoms with Crippen molar-refractivity contribution in [3.8, 4) is 0 Å². The van der Waals surface area contributed by atoms with E-state index in [0.717, 1.165) is 0 Å². The minimum atomic E-state index is -0.619. The second-order valence-electron chi connectivity index (χ2n) is 4.18. The minimum Gasteiger partial charge on any atom is -0.453 e. The number of fused-ring (bicyclic) bond motifs is 1. The Kier molecular flexibility index (Phi) is 4.72. The third-order valence-electron chi connectivity index (χ3n) is 2.74. The number of carbonyl (C=O) groups is 2. The lowest BCUT2D eigenvalue weighted by atomic mass is 10.2. The lowest BCUT2D eigenvalue weighted by molar-refractivity contribution is 0.0937. The number of ether oxygens (including phenoxy) is 2. The molecular formula is C13H16N4O4. The Labute approximate surface area is 120 Å². The Balaban J connectivity index is 2.13. The van der Waals surface area contributed by atoms with Gasteiger partial charge < -0.3 is 19.8 Å². The second kappa shape index (κ2) is 6.71. The molecule has 0 saturated heterocycles. The van der Waals surface area contributed by atoms with Crippen LogP contribution in [-0.4, -0.2) is 49.3 Å². The van der Waals surface area contributed by atoms with Crippen LogP contribution < -0.4 is 10.6 Å². The molecule has 0 aliphatic rings. The molecule has 2 amide bonds. The molecule has 112 valence electrons. The fourth-order valence-corrected chi connectivity index (χ4v) is 1.73. The summed E-state index contributed by atoms with van der Waals surface area (Å²) in [6.45, 7) is 0.886. The van der Waals surface area contributed by atoms with E-state index in [1.165, 1.54) is 7.11 Å². The molecule has 1 aromatic heterocycles. The van der Waals surface area contributed by atoms with Gasteiger partial charge >= 0.3 is 6.09 Å². The number of anilines is 1. The molecule has 0 bridgehead atoms. The molecule has 21 heavy (non-hydrogen) atoms. The topological polar surface area (TPSA) is 105 Å². The number of nitrogens with zero attached hydrogens (tertiary/aromatic N) is 1. The van der Waals surface area contributed by atoms with Crippen LogP contribution in [0.2, 0.25) is 0 Å². The van der Waals surface area contributed by atoms with Crippen LogP contribution >= 0.6 is 0 Å². The van der Waals surface area contributed by atoms with Crippen molar-refractivity contribution >= 4 is 29.0 Å². The van der Waals surface area contributed by atoms with E-state index in [0.29, 0.717) is 29.7 Å². The minimum absolute atomic E-state index is 0.203. The van der Waals surface area contributed by atoms with E-state index >= 15 is 0 Å². The molecule has 8 heteroatoms. The average molecular weight is 292 g/mol. The quantitative estimate of drug-likeness (QED) is 0.716. The Morgan fingerprint density at radius 1 is 1.33 bits per heavy atom. The second-order valence-corrected chi connectivity index (χ2v) is 4.18. The summed E-state index contributed by atoms with van der Waals surface area (Å²) < 4.78 is 9.35. The summed E-state index contributed by atoms with van der Waals surface area (Å²) in [6, 6.07) is 5.01. The van der Waals surface area contributed by atoms with Gasteiger partial charge in [0.2, 0.25) is 5.95 Å². The highest BCUT2D eigenvalue weighted by atomic mass is 16.5. The first-order valence-electron chi connectivity index (χ1n) is 6.26. The number of methoxy groups -OCH3 is 2. The van der Waals surface area contributed by atoms with Crippen molar-refractivity contribution in [2.24, 2.45) is 0 Å². The van der Waals surface area contributed by atoms with E-state index < -0.39 is 6.09 Å². The first kappa shape index (κ1) is 14.8. The monoisotopic (exact) mass is 292 g/mol. The highest BCUT2D eigenvalue weighted by Crippen LogP contribution is 2.16. The maximum absolute atomic E-state index is 11.9. The maximum Gasteiger partial charge on any atom is 0.413 e. The van der Waals surface area contributed by atoms with E-state index in [9.17, 15) is 9.59 Å². The molecule has 0 aliphatic carbocycles. The first-order chi connectivity index (χ1) is 10.1. The number of nitrogens with one attached hydrogen (secondary N) is 3. The van der Waals surface area contributed by atoms with Gasteiger partial charge in [-0.2, -0.15) is 0 Å². The van der Waals surface area contributed by atoms with Crippen molar-refractivity contribution in [3.63, 3.8) is 0 Å². The fraction of sp³-hybridized carbons (Fsp3) is 0.308. The summed E-state index contributed by atoms with van der Waals surface area (Å²) >= 11 is 0. The number of aromatic amines is 1. The van der Waals surface area contributed by atoms with Crippen molar-refractivity contribution in [2.45, 2.75) is 0 Å². The largest absolute Gasteiger partial charge is 0.453 e. The van der Waals surface area contributed by atoms with Gasteiger partial charge in [0.05, 0.1) is 24.8 Å². The lowest BCUT2D eigenvalue weighted by Gasteiger charge is -2.04. The van der Waals surface area contributed by atoms with Crippen LogP contribution in [0.5, 0.6) is 0 Å². The Bertz CT molecular complexity index is 653. The normalized spacial score (nSPS) is 10.4. The molecule has 1 heterocycles. The number of imidazole rings is 1. The van der Waals surface area contributed by atoms with Crippen molar-refractivity contribution in [3.05, 3.63) is 23.8 Å². The van der Waals surface area contributed by atoms with Crippen LogP contribution in [0.15, 0.2) is 18.2 Å². The van der Waals surface area contributed by atoms with Crippen molar-refractivity contribution in [1.82, 2.24) is 15.3 Å². The van der Waals surface area contributed by atoms with Gasteiger partial charge in [0.15, 0.2) is 0 Å². The third kappa shape index (κ3) is 3.69. The Morgan fingerprint density at radius 2 is 2.14 bits per heavy atom. The number of rotatable bonds is 5. The average Bonchev–Trinajstić information content (AvgIpc) is 2.88. The van der Waals surface area contributed by atoms with E-state index in [4.69, 9.17) is 4.74 Å². The highest BCUT2D eigenvalue weighted by molar-refractivity contribution is 5.97.